The lowest BCUT2D eigenvalue weighted by Crippen LogP contribution is -2.12. The van der Waals surface area contributed by atoms with Gasteiger partial charge < -0.3 is 15.0 Å². The van der Waals surface area contributed by atoms with Gasteiger partial charge in [0.25, 0.3) is 0 Å². The van der Waals surface area contributed by atoms with Crippen LogP contribution in [0.1, 0.15) is 31.0 Å². The number of aromatic nitrogens is 2. The highest BCUT2D eigenvalue weighted by Crippen LogP contribution is 2.46. The monoisotopic (exact) mass is 359 g/mol. The molecule has 1 aromatic carbocycles. The van der Waals surface area contributed by atoms with Gasteiger partial charge in [-0.25, -0.2) is 0 Å². The van der Waals surface area contributed by atoms with Gasteiger partial charge in [-0.1, -0.05) is 38.1 Å². The molecule has 27 heavy (non-hydrogen) atoms. The second kappa shape index (κ2) is 7.31. The predicted octanol–water partition coefficient (Wildman–Crippen LogP) is 5.81. The number of para-hydroxylation sites is 1. The van der Waals surface area contributed by atoms with E-state index in [0.717, 1.165) is 47.6 Å². The van der Waals surface area contributed by atoms with E-state index in [1.54, 1.807) is 19.5 Å². The molecule has 2 N–H and O–H groups in total. The summed E-state index contributed by atoms with van der Waals surface area (Å²) in [6, 6.07) is 12.2. The average molecular weight is 359 g/mol. The standard InChI is InChI=1S/C23H25N3O/c1-4-16-12-15(2)21-19(13-16)26-22(18-10-11-24-14-20(18)27-3)23(21)25-17-8-6-5-7-9-17/h5-11,14,16,25-26H,2,4,12-13H2,1,3H3. The van der Waals surface area contributed by atoms with Crippen molar-refractivity contribution in [2.24, 2.45) is 5.92 Å². The van der Waals surface area contributed by atoms with Crippen LogP contribution in [-0.2, 0) is 6.42 Å². The van der Waals surface area contributed by atoms with Crippen molar-refractivity contribution in [2.45, 2.75) is 26.2 Å². The third-order valence-corrected chi connectivity index (χ3v) is 5.35. The third-order valence-electron chi connectivity index (χ3n) is 5.35. The van der Waals surface area contributed by atoms with E-state index in [1.807, 2.05) is 24.3 Å². The first kappa shape index (κ1) is 17.4. The molecule has 0 radical (unpaired) electrons. The molecular formula is C23H25N3O. The van der Waals surface area contributed by atoms with Crippen LogP contribution in [0.5, 0.6) is 5.75 Å². The third kappa shape index (κ3) is 3.23. The Balaban J connectivity index is 1.89. The zero-order valence-electron chi connectivity index (χ0n) is 15.9. The fraction of sp³-hybridized carbons (Fsp3) is 0.261. The number of aromatic amines is 1. The normalized spacial score (nSPS) is 16.1. The summed E-state index contributed by atoms with van der Waals surface area (Å²) < 4.78 is 5.57. The maximum absolute atomic E-state index is 5.57. The van der Waals surface area contributed by atoms with Crippen LogP contribution in [0.2, 0.25) is 0 Å². The van der Waals surface area contributed by atoms with Crippen LogP contribution in [0.3, 0.4) is 0 Å². The maximum Gasteiger partial charge on any atom is 0.146 e. The molecule has 4 heteroatoms. The highest BCUT2D eigenvalue weighted by atomic mass is 16.5. The first-order valence-corrected chi connectivity index (χ1v) is 9.44. The summed E-state index contributed by atoms with van der Waals surface area (Å²) in [6.45, 7) is 6.65. The second-order valence-electron chi connectivity index (χ2n) is 7.08. The number of hydrogen-bond acceptors (Lipinski definition) is 3. The van der Waals surface area contributed by atoms with E-state index in [9.17, 15) is 0 Å². The molecule has 2 heterocycles. The summed E-state index contributed by atoms with van der Waals surface area (Å²) in [7, 11) is 1.68. The van der Waals surface area contributed by atoms with Crippen LogP contribution in [0, 0.1) is 5.92 Å². The van der Waals surface area contributed by atoms with Gasteiger partial charge in [-0.3, -0.25) is 4.98 Å². The van der Waals surface area contributed by atoms with Gasteiger partial charge in [-0.05, 0) is 42.5 Å². The molecule has 1 aliphatic carbocycles. The minimum atomic E-state index is 0.639. The Labute approximate surface area is 160 Å². The molecule has 1 aliphatic rings. The number of fused-ring (bicyclic) bond motifs is 1. The Morgan fingerprint density at radius 3 is 2.78 bits per heavy atom. The molecule has 0 bridgehead atoms. The number of benzene rings is 1. The molecule has 138 valence electrons. The Hall–Kier alpha value is -3.01. The molecule has 4 nitrogen and oxygen atoms in total. The van der Waals surface area contributed by atoms with Gasteiger partial charge in [-0.2, -0.15) is 0 Å². The van der Waals surface area contributed by atoms with E-state index in [2.05, 4.69) is 40.9 Å². The van der Waals surface area contributed by atoms with Crippen molar-refractivity contribution in [3.05, 3.63) is 66.6 Å². The molecular weight excluding hydrogens is 334 g/mol. The number of rotatable bonds is 5. The zero-order chi connectivity index (χ0) is 18.8. The Morgan fingerprint density at radius 2 is 2.04 bits per heavy atom. The summed E-state index contributed by atoms with van der Waals surface area (Å²) in [6.07, 6.45) is 6.80. The van der Waals surface area contributed by atoms with Gasteiger partial charge in [-0.15, -0.1) is 0 Å². The molecule has 0 amide bonds. The maximum atomic E-state index is 5.57. The summed E-state index contributed by atoms with van der Waals surface area (Å²) >= 11 is 0. The average Bonchev–Trinajstić information content (AvgIpc) is 3.07. The first-order chi connectivity index (χ1) is 13.2. The van der Waals surface area contributed by atoms with Crippen LogP contribution < -0.4 is 10.1 Å². The molecule has 0 saturated carbocycles. The Kier molecular flexibility index (Phi) is 4.71. The van der Waals surface area contributed by atoms with E-state index in [0.29, 0.717) is 5.92 Å². The minimum absolute atomic E-state index is 0.639. The SMILES string of the molecule is C=C1CC(CC)Cc2[nH]c(-c3ccncc3OC)c(Nc3ccccc3)c21. The van der Waals surface area contributed by atoms with E-state index >= 15 is 0 Å². The number of nitrogens with zero attached hydrogens (tertiary/aromatic N) is 1. The Morgan fingerprint density at radius 1 is 1.22 bits per heavy atom. The van der Waals surface area contributed by atoms with Crippen molar-refractivity contribution in [1.82, 2.24) is 9.97 Å². The second-order valence-corrected chi connectivity index (χ2v) is 7.08. The number of hydrogen-bond donors (Lipinski definition) is 2. The smallest absolute Gasteiger partial charge is 0.146 e. The quantitative estimate of drug-likeness (QED) is 0.604. The van der Waals surface area contributed by atoms with Crippen LogP contribution in [0.25, 0.3) is 16.8 Å². The van der Waals surface area contributed by atoms with Crippen molar-refractivity contribution in [3.8, 4) is 17.0 Å². The van der Waals surface area contributed by atoms with Crippen molar-refractivity contribution in [3.63, 3.8) is 0 Å². The van der Waals surface area contributed by atoms with E-state index < -0.39 is 0 Å². The predicted molar refractivity (Wildman–Crippen MR) is 111 cm³/mol. The fourth-order valence-corrected chi connectivity index (χ4v) is 3.94. The number of H-pyrrole nitrogens is 1. The molecule has 1 atom stereocenters. The number of nitrogens with one attached hydrogen (secondary N) is 2. The van der Waals surface area contributed by atoms with Crippen LogP contribution >= 0.6 is 0 Å². The first-order valence-electron chi connectivity index (χ1n) is 9.44. The summed E-state index contributed by atoms with van der Waals surface area (Å²) in [5.74, 6) is 1.39. The van der Waals surface area contributed by atoms with Crippen molar-refractivity contribution in [2.75, 3.05) is 12.4 Å². The molecule has 1 unspecified atom stereocenters. The number of pyridine rings is 1. The highest BCUT2D eigenvalue weighted by molar-refractivity contribution is 5.92. The molecule has 0 saturated heterocycles. The van der Waals surface area contributed by atoms with Crippen molar-refractivity contribution >= 4 is 16.9 Å². The lowest BCUT2D eigenvalue weighted by Gasteiger charge is -2.24. The minimum Gasteiger partial charge on any atom is -0.494 e. The zero-order valence-corrected chi connectivity index (χ0v) is 15.9. The van der Waals surface area contributed by atoms with E-state index in [1.165, 1.54) is 16.8 Å². The fourth-order valence-electron chi connectivity index (χ4n) is 3.94. The number of methoxy groups -OCH3 is 1. The summed E-state index contributed by atoms with van der Waals surface area (Å²) in [4.78, 5) is 7.88. The number of anilines is 2. The molecule has 0 fully saturated rings. The van der Waals surface area contributed by atoms with Crippen molar-refractivity contribution in [1.29, 1.82) is 0 Å². The van der Waals surface area contributed by atoms with E-state index in [4.69, 9.17) is 4.74 Å². The van der Waals surface area contributed by atoms with Gasteiger partial charge >= 0.3 is 0 Å². The topological polar surface area (TPSA) is 49.9 Å². The lowest BCUT2D eigenvalue weighted by atomic mass is 9.83. The lowest BCUT2D eigenvalue weighted by molar-refractivity contribution is 0.414. The highest BCUT2D eigenvalue weighted by Gasteiger charge is 2.28. The summed E-state index contributed by atoms with van der Waals surface area (Å²) in [5, 5.41) is 3.63. The van der Waals surface area contributed by atoms with Crippen molar-refractivity contribution < 1.29 is 4.74 Å². The molecule has 3 aromatic rings. The van der Waals surface area contributed by atoms with Gasteiger partial charge in [0.2, 0.25) is 0 Å². The van der Waals surface area contributed by atoms with Crippen LogP contribution in [-0.4, -0.2) is 17.1 Å². The van der Waals surface area contributed by atoms with Gasteiger partial charge in [0.15, 0.2) is 0 Å². The largest absolute Gasteiger partial charge is 0.494 e. The molecule has 0 spiro atoms. The van der Waals surface area contributed by atoms with Crippen LogP contribution in [0.15, 0.2) is 55.4 Å². The van der Waals surface area contributed by atoms with Crippen LogP contribution in [0.4, 0.5) is 11.4 Å². The summed E-state index contributed by atoms with van der Waals surface area (Å²) in [5.41, 5.74) is 7.82. The van der Waals surface area contributed by atoms with Gasteiger partial charge in [0.1, 0.15) is 5.75 Å². The van der Waals surface area contributed by atoms with E-state index in [-0.39, 0.29) is 0 Å². The number of allylic oxidation sites excluding steroid dienone is 1. The molecule has 0 aliphatic heterocycles. The molecule has 2 aromatic heterocycles. The van der Waals surface area contributed by atoms with Gasteiger partial charge in [0, 0.05) is 28.7 Å². The van der Waals surface area contributed by atoms with Gasteiger partial charge in [0.05, 0.1) is 24.7 Å². The molecule has 4 rings (SSSR count). The Bertz CT molecular complexity index is 959. The number of ether oxygens (including phenoxy) is 1.